The van der Waals surface area contributed by atoms with Gasteiger partial charge in [0.15, 0.2) is 0 Å². The lowest BCUT2D eigenvalue weighted by atomic mass is 10.0. The number of anilines is 1. The highest BCUT2D eigenvalue weighted by atomic mass is 16.5. The number of hydrogen-bond acceptors (Lipinski definition) is 3. The molecule has 0 radical (unpaired) electrons. The quantitative estimate of drug-likeness (QED) is 0.829. The van der Waals surface area contributed by atoms with Crippen molar-refractivity contribution in [1.29, 1.82) is 0 Å². The second-order valence-corrected chi connectivity index (χ2v) is 5.20. The zero-order chi connectivity index (χ0) is 13.8. The van der Waals surface area contributed by atoms with Crippen molar-refractivity contribution in [1.82, 2.24) is 4.90 Å². The van der Waals surface area contributed by atoms with E-state index in [9.17, 15) is 4.79 Å². The SMILES string of the molecule is CCCC1CC(=O)N(Cc2cc(N)ccc2OC)C1. The lowest BCUT2D eigenvalue weighted by Gasteiger charge is -2.18. The van der Waals surface area contributed by atoms with Gasteiger partial charge < -0.3 is 15.4 Å². The van der Waals surface area contributed by atoms with Crippen molar-refractivity contribution in [2.75, 3.05) is 19.4 Å². The van der Waals surface area contributed by atoms with Gasteiger partial charge in [-0.2, -0.15) is 0 Å². The summed E-state index contributed by atoms with van der Waals surface area (Å²) in [5, 5.41) is 0. The molecule has 1 heterocycles. The van der Waals surface area contributed by atoms with Crippen LogP contribution in [-0.2, 0) is 11.3 Å². The number of benzene rings is 1. The van der Waals surface area contributed by atoms with Crippen LogP contribution in [0.2, 0.25) is 0 Å². The van der Waals surface area contributed by atoms with Gasteiger partial charge in [0.05, 0.1) is 7.11 Å². The van der Waals surface area contributed by atoms with Gasteiger partial charge in [-0.05, 0) is 30.5 Å². The van der Waals surface area contributed by atoms with Crippen molar-refractivity contribution in [3.63, 3.8) is 0 Å². The topological polar surface area (TPSA) is 55.6 Å². The minimum absolute atomic E-state index is 0.239. The lowest BCUT2D eigenvalue weighted by molar-refractivity contribution is -0.128. The molecule has 19 heavy (non-hydrogen) atoms. The number of nitrogens with two attached hydrogens (primary N) is 1. The van der Waals surface area contributed by atoms with Gasteiger partial charge >= 0.3 is 0 Å². The molecule has 1 unspecified atom stereocenters. The van der Waals surface area contributed by atoms with Gasteiger partial charge in [0.2, 0.25) is 5.91 Å². The Morgan fingerprint density at radius 3 is 2.95 bits per heavy atom. The highest BCUT2D eigenvalue weighted by molar-refractivity contribution is 5.78. The Hall–Kier alpha value is -1.71. The summed E-state index contributed by atoms with van der Waals surface area (Å²) in [6.45, 7) is 3.60. The minimum Gasteiger partial charge on any atom is -0.496 e. The summed E-state index contributed by atoms with van der Waals surface area (Å²) in [7, 11) is 1.64. The van der Waals surface area contributed by atoms with Gasteiger partial charge in [-0.15, -0.1) is 0 Å². The van der Waals surface area contributed by atoms with Gasteiger partial charge in [0, 0.05) is 30.8 Å². The van der Waals surface area contributed by atoms with E-state index in [1.807, 2.05) is 23.1 Å². The van der Waals surface area contributed by atoms with E-state index in [-0.39, 0.29) is 5.91 Å². The maximum Gasteiger partial charge on any atom is 0.223 e. The molecule has 1 amide bonds. The molecular formula is C15H22N2O2. The van der Waals surface area contributed by atoms with Gasteiger partial charge in [-0.1, -0.05) is 13.3 Å². The third-order valence-corrected chi connectivity index (χ3v) is 3.66. The maximum absolute atomic E-state index is 12.0. The van der Waals surface area contributed by atoms with Crippen LogP contribution >= 0.6 is 0 Å². The molecule has 4 nitrogen and oxygen atoms in total. The van der Waals surface area contributed by atoms with Crippen LogP contribution in [0.25, 0.3) is 0 Å². The molecule has 1 saturated heterocycles. The van der Waals surface area contributed by atoms with Crippen molar-refractivity contribution >= 4 is 11.6 Å². The minimum atomic E-state index is 0.239. The molecule has 2 rings (SSSR count). The standard InChI is InChI=1S/C15H22N2O2/c1-3-4-11-7-15(18)17(9-11)10-12-8-13(16)5-6-14(12)19-2/h5-6,8,11H,3-4,7,9-10,16H2,1-2H3. The molecule has 0 spiro atoms. The zero-order valence-electron chi connectivity index (χ0n) is 11.7. The van der Waals surface area contributed by atoms with Gasteiger partial charge in [0.25, 0.3) is 0 Å². The Morgan fingerprint density at radius 1 is 1.47 bits per heavy atom. The molecule has 1 aliphatic rings. The van der Waals surface area contributed by atoms with Crippen molar-refractivity contribution in [2.24, 2.45) is 5.92 Å². The molecule has 0 bridgehead atoms. The fourth-order valence-electron chi connectivity index (χ4n) is 2.74. The first kappa shape index (κ1) is 13.7. The number of nitrogen functional groups attached to an aromatic ring is 1. The van der Waals surface area contributed by atoms with Crippen molar-refractivity contribution in [3.8, 4) is 5.75 Å². The first-order valence-electron chi connectivity index (χ1n) is 6.84. The molecule has 1 aromatic rings. The number of nitrogens with zero attached hydrogens (tertiary/aromatic N) is 1. The predicted octanol–water partition coefficient (Wildman–Crippen LogP) is 2.43. The summed E-state index contributed by atoms with van der Waals surface area (Å²) in [5.74, 6) is 1.54. The second-order valence-electron chi connectivity index (χ2n) is 5.20. The first-order valence-corrected chi connectivity index (χ1v) is 6.84. The summed E-state index contributed by atoms with van der Waals surface area (Å²) < 4.78 is 5.33. The molecule has 2 N–H and O–H groups in total. The van der Waals surface area contributed by atoms with Crippen LogP contribution in [0, 0.1) is 5.92 Å². The molecule has 1 atom stereocenters. The molecule has 1 aliphatic heterocycles. The molecule has 1 fully saturated rings. The van der Waals surface area contributed by atoms with Crippen molar-refractivity contribution in [3.05, 3.63) is 23.8 Å². The maximum atomic E-state index is 12.0. The van der Waals surface area contributed by atoms with Crippen LogP contribution in [0.5, 0.6) is 5.75 Å². The van der Waals surface area contributed by atoms with E-state index >= 15 is 0 Å². The lowest BCUT2D eigenvalue weighted by Crippen LogP contribution is -2.24. The summed E-state index contributed by atoms with van der Waals surface area (Å²) in [6, 6.07) is 5.56. The largest absolute Gasteiger partial charge is 0.496 e. The monoisotopic (exact) mass is 262 g/mol. The summed E-state index contributed by atoms with van der Waals surface area (Å²) >= 11 is 0. The summed E-state index contributed by atoms with van der Waals surface area (Å²) in [5.41, 5.74) is 7.49. The Morgan fingerprint density at radius 2 is 2.26 bits per heavy atom. The van der Waals surface area contributed by atoms with Crippen LogP contribution in [-0.4, -0.2) is 24.5 Å². The molecule has 104 valence electrons. The molecule has 0 aliphatic carbocycles. The molecule has 4 heteroatoms. The van der Waals surface area contributed by atoms with Crippen LogP contribution in [0.4, 0.5) is 5.69 Å². The van der Waals surface area contributed by atoms with E-state index in [1.165, 1.54) is 0 Å². The fraction of sp³-hybridized carbons (Fsp3) is 0.533. The molecule has 1 aromatic carbocycles. The highest BCUT2D eigenvalue weighted by Gasteiger charge is 2.29. The van der Waals surface area contributed by atoms with Gasteiger partial charge in [-0.25, -0.2) is 0 Å². The van der Waals surface area contributed by atoms with E-state index in [4.69, 9.17) is 10.5 Å². The first-order chi connectivity index (χ1) is 9.13. The van der Waals surface area contributed by atoms with Crippen LogP contribution in [0.1, 0.15) is 31.7 Å². The van der Waals surface area contributed by atoms with E-state index in [0.717, 1.165) is 30.7 Å². The number of hydrogen-bond donors (Lipinski definition) is 1. The number of methoxy groups -OCH3 is 1. The number of rotatable bonds is 5. The number of ether oxygens (including phenoxy) is 1. The number of amides is 1. The number of carbonyl (C=O) groups excluding carboxylic acids is 1. The van der Waals surface area contributed by atoms with Gasteiger partial charge in [0.1, 0.15) is 5.75 Å². The van der Waals surface area contributed by atoms with Crippen LogP contribution in [0.15, 0.2) is 18.2 Å². The molecule has 0 saturated carbocycles. The Bertz CT molecular complexity index is 459. The zero-order valence-corrected chi connectivity index (χ0v) is 11.7. The fourth-order valence-corrected chi connectivity index (χ4v) is 2.74. The average molecular weight is 262 g/mol. The highest BCUT2D eigenvalue weighted by Crippen LogP contribution is 2.27. The van der Waals surface area contributed by atoms with E-state index in [0.29, 0.717) is 24.6 Å². The third kappa shape index (κ3) is 3.19. The molecule has 0 aromatic heterocycles. The van der Waals surface area contributed by atoms with Crippen LogP contribution < -0.4 is 10.5 Å². The average Bonchev–Trinajstić information content (AvgIpc) is 2.71. The Balaban J connectivity index is 2.09. The normalized spacial score (nSPS) is 18.9. The number of carbonyl (C=O) groups is 1. The molecular weight excluding hydrogens is 240 g/mol. The third-order valence-electron chi connectivity index (χ3n) is 3.66. The van der Waals surface area contributed by atoms with Gasteiger partial charge in [-0.3, -0.25) is 4.79 Å². The van der Waals surface area contributed by atoms with E-state index in [2.05, 4.69) is 6.92 Å². The Kier molecular flexibility index (Phi) is 4.30. The van der Waals surface area contributed by atoms with Crippen molar-refractivity contribution < 1.29 is 9.53 Å². The smallest absolute Gasteiger partial charge is 0.223 e. The van der Waals surface area contributed by atoms with Crippen LogP contribution in [0.3, 0.4) is 0 Å². The summed E-state index contributed by atoms with van der Waals surface area (Å²) in [4.78, 5) is 13.9. The Labute approximate surface area is 114 Å². The van der Waals surface area contributed by atoms with E-state index < -0.39 is 0 Å². The second kappa shape index (κ2) is 5.95. The summed E-state index contributed by atoms with van der Waals surface area (Å²) in [6.07, 6.45) is 2.93. The van der Waals surface area contributed by atoms with E-state index in [1.54, 1.807) is 7.11 Å². The van der Waals surface area contributed by atoms with Crippen molar-refractivity contribution in [2.45, 2.75) is 32.7 Å². The number of likely N-dealkylation sites (tertiary alicyclic amines) is 1. The predicted molar refractivity (Wildman–Crippen MR) is 75.8 cm³/mol.